The summed E-state index contributed by atoms with van der Waals surface area (Å²) in [6, 6.07) is 7.33. The number of guanidine groups is 1. The Bertz CT molecular complexity index is 420. The molecule has 0 aliphatic heterocycles. The predicted octanol–water partition coefficient (Wildman–Crippen LogP) is 1.03. The molecule has 9 heteroatoms. The Morgan fingerprint density at radius 1 is 1.47 bits per heavy atom. The zero-order chi connectivity index (χ0) is 14.7. The number of nitrogens with zero attached hydrogens (tertiary/aromatic N) is 2. The minimum absolute atomic E-state index is 0.104. The van der Waals surface area contributed by atoms with Crippen LogP contribution in [0.1, 0.15) is 6.42 Å². The molecule has 0 unspecified atom stereocenters. The molecule has 0 saturated heterocycles. The molecule has 0 atom stereocenters. The minimum atomic E-state index is -1.50. The van der Waals surface area contributed by atoms with Crippen molar-refractivity contribution in [2.45, 2.75) is 6.42 Å². The van der Waals surface area contributed by atoms with Gasteiger partial charge in [-0.1, -0.05) is 23.7 Å². The summed E-state index contributed by atoms with van der Waals surface area (Å²) < 4.78 is 5.44. The number of aliphatic imine (C=N–C) groups is 1. The van der Waals surface area contributed by atoms with E-state index in [0.717, 1.165) is 6.42 Å². The maximum absolute atomic E-state index is 8.36. The summed E-state index contributed by atoms with van der Waals surface area (Å²) in [4.78, 5) is 12.2. The SMILES string of the molecule is NC(N)=NCCCOc1ccccc1Cl.O=[N+]([O-])O. The van der Waals surface area contributed by atoms with Crippen LogP contribution in [0.2, 0.25) is 5.02 Å². The Hall–Kier alpha value is -2.22. The van der Waals surface area contributed by atoms with Gasteiger partial charge in [-0.05, 0) is 12.1 Å². The van der Waals surface area contributed by atoms with Gasteiger partial charge >= 0.3 is 0 Å². The van der Waals surface area contributed by atoms with Crippen LogP contribution in [-0.2, 0) is 0 Å². The third-order valence-electron chi connectivity index (χ3n) is 1.69. The number of ether oxygens (including phenoxy) is 1. The molecule has 1 aromatic carbocycles. The van der Waals surface area contributed by atoms with Gasteiger partial charge in [0.15, 0.2) is 5.96 Å². The maximum Gasteiger partial charge on any atom is 0.291 e. The van der Waals surface area contributed by atoms with Gasteiger partial charge in [0.1, 0.15) is 5.75 Å². The molecule has 0 heterocycles. The van der Waals surface area contributed by atoms with E-state index in [9.17, 15) is 0 Å². The molecule has 8 nitrogen and oxygen atoms in total. The summed E-state index contributed by atoms with van der Waals surface area (Å²) in [7, 11) is 0. The highest BCUT2D eigenvalue weighted by atomic mass is 35.5. The minimum Gasteiger partial charge on any atom is -0.492 e. The van der Waals surface area contributed by atoms with Crippen molar-refractivity contribution >= 4 is 17.6 Å². The van der Waals surface area contributed by atoms with Gasteiger partial charge in [0.2, 0.25) is 0 Å². The van der Waals surface area contributed by atoms with Gasteiger partial charge in [-0.15, -0.1) is 10.1 Å². The first kappa shape index (κ1) is 16.8. The molecule has 1 rings (SSSR count). The Morgan fingerprint density at radius 2 is 2.05 bits per heavy atom. The van der Waals surface area contributed by atoms with Gasteiger partial charge in [0.05, 0.1) is 11.6 Å². The summed E-state index contributed by atoms with van der Waals surface area (Å²) >= 11 is 5.89. The molecule has 0 amide bonds. The van der Waals surface area contributed by atoms with Crippen LogP contribution in [0.25, 0.3) is 0 Å². The lowest BCUT2D eigenvalue weighted by atomic mass is 10.3. The number of benzene rings is 1. The maximum atomic E-state index is 8.36. The molecule has 0 saturated carbocycles. The van der Waals surface area contributed by atoms with Crippen LogP contribution < -0.4 is 16.2 Å². The van der Waals surface area contributed by atoms with Gasteiger partial charge < -0.3 is 21.4 Å². The van der Waals surface area contributed by atoms with Gasteiger partial charge in [0, 0.05) is 13.0 Å². The third kappa shape index (κ3) is 10.6. The van der Waals surface area contributed by atoms with Gasteiger partial charge in [-0.3, -0.25) is 4.99 Å². The fraction of sp³-hybridized carbons (Fsp3) is 0.300. The third-order valence-corrected chi connectivity index (χ3v) is 2.00. The second-order valence-electron chi connectivity index (χ2n) is 3.18. The number of halogens is 1. The Morgan fingerprint density at radius 3 is 2.58 bits per heavy atom. The van der Waals surface area contributed by atoms with Gasteiger partial charge in [-0.25, -0.2) is 0 Å². The van der Waals surface area contributed by atoms with Crippen molar-refractivity contribution in [1.82, 2.24) is 0 Å². The van der Waals surface area contributed by atoms with E-state index in [2.05, 4.69) is 4.99 Å². The molecule has 0 radical (unpaired) electrons. The number of para-hydroxylation sites is 1. The van der Waals surface area contributed by atoms with E-state index in [1.165, 1.54) is 0 Å². The molecule has 0 aliphatic carbocycles. The second kappa shape index (κ2) is 9.77. The fourth-order valence-corrected chi connectivity index (χ4v) is 1.21. The summed E-state index contributed by atoms with van der Waals surface area (Å²) in [5.74, 6) is 0.789. The first-order chi connectivity index (χ1) is 8.93. The molecule has 1 aromatic rings. The molecule has 19 heavy (non-hydrogen) atoms. The molecule has 0 aromatic heterocycles. The molecule has 0 bridgehead atoms. The van der Waals surface area contributed by atoms with E-state index in [-0.39, 0.29) is 5.96 Å². The molecule has 0 spiro atoms. The summed E-state index contributed by atoms with van der Waals surface area (Å²) in [6.45, 7) is 1.10. The number of hydrogen-bond acceptors (Lipinski definition) is 4. The Balaban J connectivity index is 0.000000711. The monoisotopic (exact) mass is 290 g/mol. The van der Waals surface area contributed by atoms with Crippen LogP contribution >= 0.6 is 11.6 Å². The second-order valence-corrected chi connectivity index (χ2v) is 3.58. The lowest BCUT2D eigenvalue weighted by molar-refractivity contribution is -0.742. The topological polar surface area (TPSA) is 137 Å². The summed E-state index contributed by atoms with van der Waals surface area (Å²) in [6.07, 6.45) is 0.753. The van der Waals surface area contributed by atoms with Crippen molar-refractivity contribution in [1.29, 1.82) is 0 Å². The van der Waals surface area contributed by atoms with E-state index < -0.39 is 5.09 Å². The van der Waals surface area contributed by atoms with Crippen molar-refractivity contribution < 1.29 is 15.0 Å². The highest BCUT2D eigenvalue weighted by Gasteiger charge is 1.98. The van der Waals surface area contributed by atoms with Crippen LogP contribution in [0.5, 0.6) is 5.75 Å². The zero-order valence-corrected chi connectivity index (χ0v) is 10.8. The van der Waals surface area contributed by atoms with Crippen molar-refractivity contribution in [3.63, 3.8) is 0 Å². The van der Waals surface area contributed by atoms with Crippen molar-refractivity contribution in [2.75, 3.05) is 13.2 Å². The smallest absolute Gasteiger partial charge is 0.291 e. The lowest BCUT2D eigenvalue weighted by Crippen LogP contribution is -2.23. The van der Waals surface area contributed by atoms with Gasteiger partial charge in [0.25, 0.3) is 5.09 Å². The highest BCUT2D eigenvalue weighted by molar-refractivity contribution is 6.32. The molecular formula is C10H15ClN4O4. The van der Waals surface area contributed by atoms with E-state index in [4.69, 9.17) is 43.1 Å². The van der Waals surface area contributed by atoms with Crippen LogP contribution in [-0.4, -0.2) is 29.4 Å². The van der Waals surface area contributed by atoms with Crippen molar-refractivity contribution in [3.8, 4) is 5.75 Å². The lowest BCUT2D eigenvalue weighted by Gasteiger charge is -2.06. The first-order valence-electron chi connectivity index (χ1n) is 5.19. The average Bonchev–Trinajstić information content (AvgIpc) is 2.30. The summed E-state index contributed by atoms with van der Waals surface area (Å²) in [5.41, 5.74) is 10.4. The van der Waals surface area contributed by atoms with E-state index in [1.807, 2.05) is 18.2 Å². The average molecular weight is 291 g/mol. The fourth-order valence-electron chi connectivity index (χ4n) is 1.02. The number of rotatable bonds is 5. The predicted molar refractivity (Wildman–Crippen MR) is 71.0 cm³/mol. The van der Waals surface area contributed by atoms with Crippen LogP contribution in [0.15, 0.2) is 29.3 Å². The van der Waals surface area contributed by atoms with E-state index in [0.29, 0.717) is 23.9 Å². The Labute approximate surface area is 114 Å². The largest absolute Gasteiger partial charge is 0.492 e. The normalized spacial score (nSPS) is 8.89. The van der Waals surface area contributed by atoms with Crippen molar-refractivity contribution in [2.24, 2.45) is 16.5 Å². The standard InChI is InChI=1S/C10H14ClN3O.HNO3/c11-8-4-1-2-5-9(8)15-7-3-6-14-10(12)13;2-1(3)4/h1-2,4-5H,3,6-7H2,(H4,12,13,14);(H,2,3,4). The molecule has 106 valence electrons. The van der Waals surface area contributed by atoms with Gasteiger partial charge in [-0.2, -0.15) is 0 Å². The quantitative estimate of drug-likeness (QED) is 0.243. The molecule has 0 fully saturated rings. The zero-order valence-electron chi connectivity index (χ0n) is 10.0. The van der Waals surface area contributed by atoms with Crippen LogP contribution in [0, 0.1) is 10.1 Å². The van der Waals surface area contributed by atoms with E-state index in [1.54, 1.807) is 6.07 Å². The van der Waals surface area contributed by atoms with Crippen LogP contribution in [0.3, 0.4) is 0 Å². The molecule has 5 N–H and O–H groups in total. The first-order valence-corrected chi connectivity index (χ1v) is 5.57. The number of hydrogen-bond donors (Lipinski definition) is 3. The highest BCUT2D eigenvalue weighted by Crippen LogP contribution is 2.22. The Kier molecular flexibility index (Phi) is 8.63. The molecule has 0 aliphatic rings. The summed E-state index contributed by atoms with van der Waals surface area (Å²) in [5, 5.41) is 14.2. The van der Waals surface area contributed by atoms with E-state index >= 15 is 0 Å². The van der Waals surface area contributed by atoms with Crippen molar-refractivity contribution in [3.05, 3.63) is 39.4 Å². The molecular weight excluding hydrogens is 276 g/mol. The van der Waals surface area contributed by atoms with Crippen LogP contribution in [0.4, 0.5) is 0 Å². The number of nitrogens with two attached hydrogens (primary N) is 2.